The van der Waals surface area contributed by atoms with Gasteiger partial charge in [0.25, 0.3) is 5.79 Å². The largest absolute Gasteiger partial charge is 0.508 e. The Morgan fingerprint density at radius 1 is 1.05 bits per heavy atom. The molecule has 0 radical (unpaired) electrons. The fraction of sp³-hybridized carbons (Fsp3) is 0.125. The molecule has 1 unspecified atom stereocenters. The minimum atomic E-state index is -1.49. The Labute approximate surface area is 111 Å². The predicted octanol–water partition coefficient (Wildman–Crippen LogP) is 3.03. The van der Waals surface area contributed by atoms with E-state index in [1.165, 1.54) is 6.07 Å². The number of phenols is 1. The third-order valence-corrected chi connectivity index (χ3v) is 3.26. The van der Waals surface area contributed by atoms with E-state index >= 15 is 0 Å². The van der Waals surface area contributed by atoms with Gasteiger partial charge in [-0.05, 0) is 30.7 Å². The molecule has 0 amide bonds. The number of ether oxygens (including phenoxy) is 1. The van der Waals surface area contributed by atoms with E-state index in [4.69, 9.17) is 4.74 Å². The summed E-state index contributed by atoms with van der Waals surface area (Å²) in [6, 6.07) is 14.1. The van der Waals surface area contributed by atoms with Gasteiger partial charge in [-0.1, -0.05) is 30.3 Å². The zero-order valence-electron chi connectivity index (χ0n) is 10.5. The van der Waals surface area contributed by atoms with Crippen molar-refractivity contribution in [2.45, 2.75) is 12.7 Å². The van der Waals surface area contributed by atoms with Crippen LogP contribution in [0.3, 0.4) is 0 Å². The lowest BCUT2D eigenvalue weighted by Gasteiger charge is -2.32. The summed E-state index contributed by atoms with van der Waals surface area (Å²) in [6.45, 7) is 1.91. The highest BCUT2D eigenvalue weighted by atomic mass is 16.6. The van der Waals surface area contributed by atoms with Crippen LogP contribution in [-0.2, 0) is 5.79 Å². The number of aromatic hydroxyl groups is 1. The standard InChI is InChI=1S/C16H14O3/c1-11-10-16(18,12-5-3-2-4-6-12)19-15-9-13(17)7-8-14(11)15/h2-10,17-18H,1H3. The van der Waals surface area contributed by atoms with Crippen LogP contribution in [0.25, 0.3) is 5.57 Å². The summed E-state index contributed by atoms with van der Waals surface area (Å²) in [5.74, 6) is -0.901. The number of rotatable bonds is 1. The number of allylic oxidation sites excluding steroid dienone is 1. The van der Waals surface area contributed by atoms with Gasteiger partial charge in [0.1, 0.15) is 11.5 Å². The van der Waals surface area contributed by atoms with E-state index in [1.807, 2.05) is 25.1 Å². The molecule has 0 aromatic heterocycles. The van der Waals surface area contributed by atoms with Crippen LogP contribution < -0.4 is 4.74 Å². The van der Waals surface area contributed by atoms with Crippen molar-refractivity contribution < 1.29 is 14.9 Å². The molecule has 0 aliphatic carbocycles. The average molecular weight is 254 g/mol. The molecule has 1 aliphatic rings. The highest BCUT2D eigenvalue weighted by Crippen LogP contribution is 2.40. The molecule has 19 heavy (non-hydrogen) atoms. The van der Waals surface area contributed by atoms with Crippen molar-refractivity contribution in [3.8, 4) is 11.5 Å². The molecule has 3 heteroatoms. The highest BCUT2D eigenvalue weighted by Gasteiger charge is 2.34. The summed E-state index contributed by atoms with van der Waals surface area (Å²) < 4.78 is 5.68. The van der Waals surface area contributed by atoms with Crippen LogP contribution in [0.15, 0.2) is 54.6 Å². The van der Waals surface area contributed by atoms with Crippen LogP contribution in [0.5, 0.6) is 11.5 Å². The Balaban J connectivity index is 2.12. The molecule has 1 atom stereocenters. The minimum absolute atomic E-state index is 0.115. The number of phenolic OH excluding ortho intramolecular Hbond substituents is 1. The maximum atomic E-state index is 10.7. The predicted molar refractivity (Wildman–Crippen MR) is 72.7 cm³/mol. The second kappa shape index (κ2) is 4.14. The Hall–Kier alpha value is -2.26. The third kappa shape index (κ3) is 1.98. The van der Waals surface area contributed by atoms with E-state index in [0.717, 1.165) is 11.1 Å². The van der Waals surface area contributed by atoms with Crippen molar-refractivity contribution in [2.24, 2.45) is 0 Å². The fourth-order valence-electron chi connectivity index (χ4n) is 2.31. The number of hydrogen-bond acceptors (Lipinski definition) is 3. The second-order valence-electron chi connectivity index (χ2n) is 4.67. The Morgan fingerprint density at radius 2 is 1.79 bits per heavy atom. The number of aliphatic hydroxyl groups is 1. The van der Waals surface area contributed by atoms with Crippen molar-refractivity contribution in [3.63, 3.8) is 0 Å². The summed E-state index contributed by atoms with van der Waals surface area (Å²) in [5.41, 5.74) is 2.44. The topological polar surface area (TPSA) is 49.7 Å². The molecule has 0 saturated heterocycles. The zero-order valence-corrected chi connectivity index (χ0v) is 10.5. The van der Waals surface area contributed by atoms with Gasteiger partial charge in [0, 0.05) is 17.2 Å². The van der Waals surface area contributed by atoms with Gasteiger partial charge in [0.2, 0.25) is 0 Å². The summed E-state index contributed by atoms with van der Waals surface area (Å²) in [5, 5.41) is 20.2. The first kappa shape index (κ1) is 11.8. The van der Waals surface area contributed by atoms with Gasteiger partial charge in [-0.15, -0.1) is 0 Å². The minimum Gasteiger partial charge on any atom is -0.508 e. The van der Waals surface area contributed by atoms with Gasteiger partial charge in [0.05, 0.1) is 0 Å². The quantitative estimate of drug-likeness (QED) is 0.822. The molecule has 3 rings (SSSR count). The first-order valence-corrected chi connectivity index (χ1v) is 6.08. The Kier molecular flexibility index (Phi) is 2.57. The molecule has 0 bridgehead atoms. The summed E-state index contributed by atoms with van der Waals surface area (Å²) >= 11 is 0. The van der Waals surface area contributed by atoms with Gasteiger partial charge in [-0.2, -0.15) is 0 Å². The fourth-order valence-corrected chi connectivity index (χ4v) is 2.31. The molecular formula is C16H14O3. The normalized spacial score (nSPS) is 21.3. The van der Waals surface area contributed by atoms with Gasteiger partial charge in [-0.3, -0.25) is 0 Å². The Morgan fingerprint density at radius 3 is 2.53 bits per heavy atom. The van der Waals surface area contributed by atoms with Crippen LogP contribution in [0.2, 0.25) is 0 Å². The molecule has 3 nitrogen and oxygen atoms in total. The first-order chi connectivity index (χ1) is 9.08. The molecular weight excluding hydrogens is 240 g/mol. The maximum absolute atomic E-state index is 10.7. The summed E-state index contributed by atoms with van der Waals surface area (Å²) in [4.78, 5) is 0. The molecule has 96 valence electrons. The van der Waals surface area contributed by atoms with Crippen molar-refractivity contribution in [1.82, 2.24) is 0 Å². The zero-order chi connectivity index (χ0) is 13.5. The van der Waals surface area contributed by atoms with Crippen molar-refractivity contribution >= 4 is 5.57 Å². The van der Waals surface area contributed by atoms with Crippen LogP contribution >= 0.6 is 0 Å². The molecule has 0 fully saturated rings. The molecule has 0 saturated carbocycles. The van der Waals surface area contributed by atoms with Gasteiger partial charge in [0.15, 0.2) is 0 Å². The van der Waals surface area contributed by atoms with Gasteiger partial charge in [-0.25, -0.2) is 0 Å². The second-order valence-corrected chi connectivity index (χ2v) is 4.67. The monoisotopic (exact) mass is 254 g/mol. The van der Waals surface area contributed by atoms with E-state index < -0.39 is 5.79 Å². The molecule has 0 spiro atoms. The van der Waals surface area contributed by atoms with Crippen molar-refractivity contribution in [3.05, 3.63) is 65.7 Å². The SMILES string of the molecule is CC1=CC(O)(c2ccccc2)Oc2cc(O)ccc21. The van der Waals surface area contributed by atoms with Crippen LogP contribution in [0, 0.1) is 0 Å². The van der Waals surface area contributed by atoms with E-state index in [-0.39, 0.29) is 5.75 Å². The molecule has 2 aromatic carbocycles. The highest BCUT2D eigenvalue weighted by molar-refractivity contribution is 5.72. The van der Waals surface area contributed by atoms with E-state index in [9.17, 15) is 10.2 Å². The van der Waals surface area contributed by atoms with E-state index in [0.29, 0.717) is 11.3 Å². The smallest absolute Gasteiger partial charge is 0.255 e. The van der Waals surface area contributed by atoms with Crippen molar-refractivity contribution in [2.75, 3.05) is 0 Å². The number of benzene rings is 2. The Bertz CT molecular complexity index is 646. The van der Waals surface area contributed by atoms with Crippen molar-refractivity contribution in [1.29, 1.82) is 0 Å². The van der Waals surface area contributed by atoms with Crippen LogP contribution in [-0.4, -0.2) is 10.2 Å². The lowest BCUT2D eigenvalue weighted by molar-refractivity contribution is -0.103. The molecule has 1 aliphatic heterocycles. The molecule has 1 heterocycles. The molecule has 2 N–H and O–H groups in total. The average Bonchev–Trinajstić information content (AvgIpc) is 2.39. The van der Waals surface area contributed by atoms with Crippen LogP contribution in [0.4, 0.5) is 0 Å². The van der Waals surface area contributed by atoms with Gasteiger partial charge >= 0.3 is 0 Å². The lowest BCUT2D eigenvalue weighted by Crippen LogP contribution is -2.33. The number of hydrogen-bond donors (Lipinski definition) is 2. The van der Waals surface area contributed by atoms with E-state index in [1.54, 1.807) is 30.3 Å². The third-order valence-electron chi connectivity index (χ3n) is 3.26. The number of fused-ring (bicyclic) bond motifs is 1. The maximum Gasteiger partial charge on any atom is 0.255 e. The molecule has 2 aromatic rings. The first-order valence-electron chi connectivity index (χ1n) is 6.08. The van der Waals surface area contributed by atoms with Crippen LogP contribution in [0.1, 0.15) is 18.1 Å². The van der Waals surface area contributed by atoms with Gasteiger partial charge < -0.3 is 14.9 Å². The van der Waals surface area contributed by atoms with E-state index in [2.05, 4.69) is 0 Å². The lowest BCUT2D eigenvalue weighted by atomic mass is 9.95. The summed E-state index contributed by atoms with van der Waals surface area (Å²) in [6.07, 6.45) is 1.68. The summed E-state index contributed by atoms with van der Waals surface area (Å²) in [7, 11) is 0.